The Bertz CT molecular complexity index is 1090. The minimum absolute atomic E-state index is 0.0220. The molecule has 0 bridgehead atoms. The first-order valence-corrected chi connectivity index (χ1v) is 11.6. The number of alkyl halides is 2. The molecule has 7 nitrogen and oxygen atoms in total. The molecule has 2 amide bonds. The number of aliphatic carboxylic acids is 1. The van der Waals surface area contributed by atoms with Crippen molar-refractivity contribution in [2.75, 3.05) is 13.2 Å². The maximum absolute atomic E-state index is 13.6. The van der Waals surface area contributed by atoms with Gasteiger partial charge in [-0.2, -0.15) is 0 Å². The third-order valence-corrected chi connectivity index (χ3v) is 6.62. The van der Waals surface area contributed by atoms with Crippen molar-refractivity contribution in [3.63, 3.8) is 0 Å². The summed E-state index contributed by atoms with van der Waals surface area (Å²) in [4.78, 5) is 36.2. The Kier molecular flexibility index (Phi) is 6.78. The molecule has 1 saturated carbocycles. The maximum atomic E-state index is 13.6. The molecule has 2 aromatic rings. The average molecular weight is 487 g/mol. The molecule has 3 atom stereocenters. The number of amides is 2. The van der Waals surface area contributed by atoms with E-state index < -0.39 is 48.3 Å². The van der Waals surface area contributed by atoms with Gasteiger partial charge in [0.25, 0.3) is 5.92 Å². The number of rotatable bonds is 9. The molecule has 0 radical (unpaired) electrons. The number of carbonyl (C=O) groups is 3. The Hall–Kier alpha value is -3.49. The zero-order valence-electron chi connectivity index (χ0n) is 19.5. The Labute approximate surface area is 201 Å². The highest BCUT2D eigenvalue weighted by Gasteiger charge is 2.72. The van der Waals surface area contributed by atoms with Crippen molar-refractivity contribution in [2.45, 2.75) is 38.2 Å². The SMILES string of the molecule is CC(C)C[C@H](NC(=O)OCC1c2ccccc2-c2ccccc21)C(=O)NC[C@@H]1[C@H](C(=O)O)C1(F)F. The first-order valence-electron chi connectivity index (χ1n) is 11.6. The molecule has 3 N–H and O–H groups in total. The number of carboxylic acid groups (broad SMARTS) is 1. The number of hydrogen-bond acceptors (Lipinski definition) is 4. The zero-order chi connectivity index (χ0) is 25.3. The molecule has 35 heavy (non-hydrogen) atoms. The summed E-state index contributed by atoms with van der Waals surface area (Å²) in [7, 11) is 0. The summed E-state index contributed by atoms with van der Waals surface area (Å²) in [6.07, 6.45) is -0.521. The maximum Gasteiger partial charge on any atom is 0.407 e. The summed E-state index contributed by atoms with van der Waals surface area (Å²) in [5.41, 5.74) is 4.28. The topological polar surface area (TPSA) is 105 Å². The van der Waals surface area contributed by atoms with Gasteiger partial charge in [0.1, 0.15) is 18.6 Å². The molecule has 0 heterocycles. The number of carbonyl (C=O) groups excluding carboxylic acids is 2. The number of carboxylic acids is 1. The molecule has 9 heteroatoms. The van der Waals surface area contributed by atoms with Gasteiger partial charge in [-0.05, 0) is 34.6 Å². The second kappa shape index (κ2) is 9.64. The summed E-state index contributed by atoms with van der Waals surface area (Å²) in [6, 6.07) is 14.8. The number of alkyl carbamates (subject to hydrolysis) is 1. The van der Waals surface area contributed by atoms with Crippen molar-refractivity contribution in [1.82, 2.24) is 10.6 Å². The van der Waals surface area contributed by atoms with Gasteiger partial charge >= 0.3 is 12.1 Å². The van der Waals surface area contributed by atoms with E-state index in [1.54, 1.807) is 0 Å². The Morgan fingerprint density at radius 1 is 1.03 bits per heavy atom. The van der Waals surface area contributed by atoms with Crippen LogP contribution in [0.1, 0.15) is 37.3 Å². The van der Waals surface area contributed by atoms with Gasteiger partial charge in [-0.25, -0.2) is 13.6 Å². The highest BCUT2D eigenvalue weighted by molar-refractivity contribution is 5.86. The molecule has 0 unspecified atom stereocenters. The van der Waals surface area contributed by atoms with E-state index >= 15 is 0 Å². The second-order valence-corrected chi connectivity index (χ2v) is 9.49. The predicted molar refractivity (Wildman–Crippen MR) is 124 cm³/mol. The lowest BCUT2D eigenvalue weighted by Crippen LogP contribution is -2.48. The molecule has 0 saturated heterocycles. The van der Waals surface area contributed by atoms with E-state index in [0.717, 1.165) is 22.3 Å². The van der Waals surface area contributed by atoms with Gasteiger partial charge in [-0.1, -0.05) is 62.4 Å². The van der Waals surface area contributed by atoms with Crippen LogP contribution in [0.15, 0.2) is 48.5 Å². The highest BCUT2D eigenvalue weighted by atomic mass is 19.3. The lowest BCUT2D eigenvalue weighted by atomic mass is 9.98. The summed E-state index contributed by atoms with van der Waals surface area (Å²) in [6.45, 7) is 3.30. The molecule has 0 aliphatic heterocycles. The predicted octanol–water partition coefficient (Wildman–Crippen LogP) is 4.02. The summed E-state index contributed by atoms with van der Waals surface area (Å²) < 4.78 is 32.7. The highest BCUT2D eigenvalue weighted by Crippen LogP contribution is 2.54. The van der Waals surface area contributed by atoms with E-state index in [2.05, 4.69) is 10.6 Å². The van der Waals surface area contributed by atoms with Crippen molar-refractivity contribution in [3.05, 3.63) is 59.7 Å². The number of benzene rings is 2. The third-order valence-electron chi connectivity index (χ3n) is 6.62. The van der Waals surface area contributed by atoms with Gasteiger partial charge < -0.3 is 20.5 Å². The number of hydrogen-bond donors (Lipinski definition) is 3. The minimum atomic E-state index is -3.35. The molecule has 0 aromatic heterocycles. The average Bonchev–Trinajstić information content (AvgIpc) is 3.22. The summed E-state index contributed by atoms with van der Waals surface area (Å²) in [5.74, 6) is -8.99. The van der Waals surface area contributed by atoms with Gasteiger partial charge in [-0.3, -0.25) is 9.59 Å². The number of fused-ring (bicyclic) bond motifs is 3. The van der Waals surface area contributed by atoms with Crippen molar-refractivity contribution in [3.8, 4) is 11.1 Å². The van der Waals surface area contributed by atoms with Crippen LogP contribution in [0.2, 0.25) is 0 Å². The fourth-order valence-corrected chi connectivity index (χ4v) is 4.80. The number of ether oxygens (including phenoxy) is 1. The van der Waals surface area contributed by atoms with Crippen LogP contribution >= 0.6 is 0 Å². The van der Waals surface area contributed by atoms with Crippen molar-refractivity contribution in [2.24, 2.45) is 17.8 Å². The van der Waals surface area contributed by atoms with Crippen LogP contribution in [-0.2, 0) is 14.3 Å². The lowest BCUT2D eigenvalue weighted by Gasteiger charge is -2.21. The van der Waals surface area contributed by atoms with Crippen LogP contribution in [-0.4, -0.2) is 48.2 Å². The molecule has 2 aliphatic carbocycles. The normalized spacial score (nSPS) is 20.5. The van der Waals surface area contributed by atoms with Crippen LogP contribution in [0, 0.1) is 17.8 Å². The first kappa shape index (κ1) is 24.6. The van der Waals surface area contributed by atoms with Crippen molar-refractivity contribution < 1.29 is 33.0 Å². The fraction of sp³-hybridized carbons (Fsp3) is 0.423. The van der Waals surface area contributed by atoms with Crippen LogP contribution in [0.4, 0.5) is 13.6 Å². The molecular weight excluding hydrogens is 458 g/mol. The monoisotopic (exact) mass is 486 g/mol. The Morgan fingerprint density at radius 2 is 1.60 bits per heavy atom. The molecule has 2 aliphatic rings. The minimum Gasteiger partial charge on any atom is -0.481 e. The molecule has 4 rings (SSSR count). The standard InChI is InChI=1S/C26H28F2N2O5/c1-14(2)11-21(23(31)29-12-20-22(24(32)33)26(20,27)28)30-25(34)35-13-19-17-9-5-3-7-15(17)16-8-4-6-10-18(16)19/h3-10,14,19-22H,11-13H2,1-2H3,(H,29,31)(H,30,34)(H,32,33)/t20-,21+,22-/m1/s1. The number of nitrogens with one attached hydrogen (secondary N) is 2. The molecule has 0 spiro atoms. The van der Waals surface area contributed by atoms with E-state index in [0.29, 0.717) is 0 Å². The smallest absolute Gasteiger partial charge is 0.407 e. The first-order chi connectivity index (χ1) is 16.6. The zero-order valence-corrected chi connectivity index (χ0v) is 19.5. The van der Waals surface area contributed by atoms with Crippen LogP contribution < -0.4 is 10.6 Å². The molecule has 2 aromatic carbocycles. The van der Waals surface area contributed by atoms with E-state index in [9.17, 15) is 23.2 Å². The van der Waals surface area contributed by atoms with E-state index in [4.69, 9.17) is 9.84 Å². The van der Waals surface area contributed by atoms with Gasteiger partial charge in [0.05, 0.1) is 5.92 Å². The molecular formula is C26H28F2N2O5. The summed E-state index contributed by atoms with van der Waals surface area (Å²) in [5, 5.41) is 13.8. The van der Waals surface area contributed by atoms with Crippen molar-refractivity contribution in [1.29, 1.82) is 0 Å². The van der Waals surface area contributed by atoms with E-state index in [1.165, 1.54) is 0 Å². The molecule has 186 valence electrons. The van der Waals surface area contributed by atoms with Crippen molar-refractivity contribution >= 4 is 18.0 Å². The van der Waals surface area contributed by atoms with E-state index in [-0.39, 0.29) is 24.9 Å². The largest absolute Gasteiger partial charge is 0.481 e. The number of halogens is 2. The second-order valence-electron chi connectivity index (χ2n) is 9.49. The quantitative estimate of drug-likeness (QED) is 0.497. The van der Waals surface area contributed by atoms with E-state index in [1.807, 2.05) is 62.4 Å². The van der Waals surface area contributed by atoms with Crippen LogP contribution in [0.25, 0.3) is 11.1 Å². The van der Waals surface area contributed by atoms with Crippen LogP contribution in [0.5, 0.6) is 0 Å². The molecule has 1 fully saturated rings. The van der Waals surface area contributed by atoms with Gasteiger partial charge in [0, 0.05) is 12.5 Å². The summed E-state index contributed by atoms with van der Waals surface area (Å²) >= 11 is 0. The lowest BCUT2D eigenvalue weighted by molar-refractivity contribution is -0.141. The van der Waals surface area contributed by atoms with Gasteiger partial charge in [-0.15, -0.1) is 0 Å². The third kappa shape index (κ3) is 4.99. The fourth-order valence-electron chi connectivity index (χ4n) is 4.80. The Balaban J connectivity index is 1.36. The van der Waals surface area contributed by atoms with Gasteiger partial charge in [0.2, 0.25) is 5.91 Å². The Morgan fingerprint density at radius 3 is 2.11 bits per heavy atom. The van der Waals surface area contributed by atoms with Gasteiger partial charge in [0.15, 0.2) is 0 Å². The van der Waals surface area contributed by atoms with Crippen LogP contribution in [0.3, 0.4) is 0 Å².